The van der Waals surface area contributed by atoms with Crippen LogP contribution in [0.25, 0.3) is 16.4 Å². The number of nitrogens with zero attached hydrogens (tertiary/aromatic N) is 5. The summed E-state index contributed by atoms with van der Waals surface area (Å²) in [4.78, 5) is 18.1. The van der Waals surface area contributed by atoms with Crippen molar-refractivity contribution in [1.82, 2.24) is 19.7 Å². The Morgan fingerprint density at radius 3 is 2.46 bits per heavy atom. The predicted molar refractivity (Wildman–Crippen MR) is 145 cm³/mol. The average molecular weight is 524 g/mol. The number of carbonyl (C=O) groups excluding carboxylic acids is 1. The summed E-state index contributed by atoms with van der Waals surface area (Å²) in [5.41, 5.74) is 2.08. The topological polar surface area (TPSA) is 54.3 Å². The molecule has 1 amide bonds. The minimum Gasteiger partial charge on any atom is -0.367 e. The largest absolute Gasteiger partial charge is 0.367 e. The molecule has 0 atom stereocenters. The van der Waals surface area contributed by atoms with Crippen LogP contribution in [0.15, 0.2) is 77.3 Å². The third kappa shape index (κ3) is 5.55. The molecule has 1 aliphatic rings. The highest BCUT2D eigenvalue weighted by atomic mass is 35.5. The molecule has 1 aliphatic heterocycles. The Labute approximate surface area is 218 Å². The number of amides is 1. The van der Waals surface area contributed by atoms with Gasteiger partial charge >= 0.3 is 0 Å². The number of hydrogen-bond donors (Lipinski definition) is 0. The van der Waals surface area contributed by atoms with Crippen LogP contribution in [0.3, 0.4) is 0 Å². The number of halogens is 1. The van der Waals surface area contributed by atoms with Gasteiger partial charge in [-0.1, -0.05) is 59.8 Å². The monoisotopic (exact) mass is 523 g/mol. The van der Waals surface area contributed by atoms with Gasteiger partial charge in [0.2, 0.25) is 5.91 Å². The lowest BCUT2D eigenvalue weighted by atomic mass is 10.2. The van der Waals surface area contributed by atoms with Crippen LogP contribution in [-0.2, 0) is 4.79 Å². The third-order valence-corrected chi connectivity index (χ3v) is 8.18. The van der Waals surface area contributed by atoms with Crippen LogP contribution in [0.2, 0.25) is 5.02 Å². The highest BCUT2D eigenvalue weighted by Gasteiger charge is 2.22. The first kappa shape index (κ1) is 23.9. The minimum absolute atomic E-state index is 0.216. The number of benzene rings is 2. The molecular formula is C26H26ClN5OS2. The van der Waals surface area contributed by atoms with E-state index < -0.39 is 0 Å². The molecule has 2 aromatic carbocycles. The van der Waals surface area contributed by atoms with Gasteiger partial charge in [-0.25, -0.2) is 0 Å². The zero-order valence-corrected chi connectivity index (χ0v) is 21.6. The van der Waals surface area contributed by atoms with Gasteiger partial charge in [0.1, 0.15) is 0 Å². The van der Waals surface area contributed by atoms with Gasteiger partial charge in [-0.2, -0.15) is 0 Å². The first-order chi connectivity index (χ1) is 17.2. The fraction of sp³-hybridized carbons (Fsp3) is 0.269. The zero-order valence-electron chi connectivity index (χ0n) is 19.2. The number of aromatic nitrogens is 3. The van der Waals surface area contributed by atoms with Gasteiger partial charge in [0, 0.05) is 44.0 Å². The number of rotatable bonds is 8. The van der Waals surface area contributed by atoms with Gasteiger partial charge in [-0.3, -0.25) is 9.36 Å². The number of thiophene rings is 1. The van der Waals surface area contributed by atoms with Crippen molar-refractivity contribution in [2.75, 3.05) is 36.8 Å². The van der Waals surface area contributed by atoms with Crippen LogP contribution >= 0.6 is 34.7 Å². The van der Waals surface area contributed by atoms with Crippen LogP contribution < -0.4 is 4.90 Å². The molecule has 0 aliphatic carbocycles. The van der Waals surface area contributed by atoms with Crippen molar-refractivity contribution >= 4 is 46.3 Å². The second-order valence-corrected chi connectivity index (χ2v) is 10.6. The molecule has 1 fully saturated rings. The van der Waals surface area contributed by atoms with E-state index in [0.29, 0.717) is 6.42 Å². The Kier molecular flexibility index (Phi) is 7.71. The first-order valence-electron chi connectivity index (χ1n) is 11.7. The van der Waals surface area contributed by atoms with Crippen LogP contribution in [-0.4, -0.2) is 57.5 Å². The normalized spacial score (nSPS) is 13.9. The summed E-state index contributed by atoms with van der Waals surface area (Å²) in [6.45, 7) is 3.05. The lowest BCUT2D eigenvalue weighted by molar-refractivity contribution is -0.131. The lowest BCUT2D eigenvalue weighted by Crippen LogP contribution is -2.48. The zero-order chi connectivity index (χ0) is 24.0. The van der Waals surface area contributed by atoms with E-state index in [1.54, 1.807) is 23.1 Å². The molecule has 9 heteroatoms. The maximum atomic E-state index is 12.8. The number of hydrogen-bond acceptors (Lipinski definition) is 6. The van der Waals surface area contributed by atoms with Crippen molar-refractivity contribution < 1.29 is 4.79 Å². The molecule has 3 heterocycles. The predicted octanol–water partition coefficient (Wildman–Crippen LogP) is 5.87. The van der Waals surface area contributed by atoms with Crippen molar-refractivity contribution in [2.45, 2.75) is 18.0 Å². The molecule has 6 nitrogen and oxygen atoms in total. The third-order valence-electron chi connectivity index (χ3n) is 5.98. The molecule has 2 aromatic heterocycles. The van der Waals surface area contributed by atoms with E-state index in [9.17, 15) is 4.79 Å². The van der Waals surface area contributed by atoms with E-state index in [1.807, 2.05) is 58.8 Å². The number of thioether (sulfide) groups is 1. The maximum absolute atomic E-state index is 12.8. The Hall–Kier alpha value is -2.81. The molecule has 180 valence electrons. The van der Waals surface area contributed by atoms with E-state index in [1.165, 1.54) is 0 Å². The number of carbonyl (C=O) groups is 1. The van der Waals surface area contributed by atoms with Gasteiger partial charge in [0.15, 0.2) is 11.0 Å². The quantitative estimate of drug-likeness (QED) is 0.213. The van der Waals surface area contributed by atoms with E-state index in [4.69, 9.17) is 11.6 Å². The Balaban J connectivity index is 1.15. The summed E-state index contributed by atoms with van der Waals surface area (Å²) >= 11 is 9.64. The summed E-state index contributed by atoms with van der Waals surface area (Å²) in [6.07, 6.45) is 1.33. The van der Waals surface area contributed by atoms with Crippen molar-refractivity contribution in [1.29, 1.82) is 0 Å². The molecule has 0 spiro atoms. The molecular weight excluding hydrogens is 498 g/mol. The minimum atomic E-state index is 0.216. The van der Waals surface area contributed by atoms with Gasteiger partial charge in [0.25, 0.3) is 0 Å². The van der Waals surface area contributed by atoms with E-state index in [2.05, 4.69) is 37.9 Å². The highest BCUT2D eigenvalue weighted by molar-refractivity contribution is 7.99. The molecule has 5 rings (SSSR count). The fourth-order valence-corrected chi connectivity index (χ4v) is 6.03. The second kappa shape index (κ2) is 11.3. The van der Waals surface area contributed by atoms with Gasteiger partial charge in [0.05, 0.1) is 15.6 Å². The van der Waals surface area contributed by atoms with E-state index >= 15 is 0 Å². The van der Waals surface area contributed by atoms with Gasteiger partial charge in [-0.15, -0.1) is 21.5 Å². The van der Waals surface area contributed by atoms with E-state index in [0.717, 1.165) is 70.6 Å². The van der Waals surface area contributed by atoms with Crippen molar-refractivity contribution in [3.8, 4) is 16.4 Å². The molecule has 35 heavy (non-hydrogen) atoms. The van der Waals surface area contributed by atoms with Gasteiger partial charge in [-0.05, 0) is 42.1 Å². The molecule has 0 unspecified atom stereocenters. The summed E-state index contributed by atoms with van der Waals surface area (Å²) in [7, 11) is 0. The smallest absolute Gasteiger partial charge is 0.222 e. The SMILES string of the molecule is O=C(CCCSc1nnc(-c2cccs2)n1-c1ccccc1)N1CCN(c2ccccc2Cl)CC1. The number of piperazine rings is 1. The van der Waals surface area contributed by atoms with Crippen LogP contribution in [0.1, 0.15) is 12.8 Å². The summed E-state index contributed by atoms with van der Waals surface area (Å²) < 4.78 is 2.10. The molecule has 1 saturated heterocycles. The standard InChI is InChI=1S/C26H26ClN5OS2/c27-21-10-4-5-11-22(21)30-14-16-31(17-15-30)24(33)13-7-19-35-26-29-28-25(23-12-6-18-34-23)32(26)20-8-2-1-3-9-20/h1-6,8-12,18H,7,13-17,19H2. The fourth-order valence-electron chi connectivity index (χ4n) is 4.19. The van der Waals surface area contributed by atoms with Crippen LogP contribution in [0, 0.1) is 0 Å². The summed E-state index contributed by atoms with van der Waals surface area (Å²) in [5, 5.41) is 12.6. The van der Waals surface area contributed by atoms with E-state index in [-0.39, 0.29) is 5.91 Å². The lowest BCUT2D eigenvalue weighted by Gasteiger charge is -2.36. The number of para-hydroxylation sites is 2. The number of anilines is 1. The van der Waals surface area contributed by atoms with Crippen molar-refractivity contribution in [2.24, 2.45) is 0 Å². The molecule has 0 saturated carbocycles. The highest BCUT2D eigenvalue weighted by Crippen LogP contribution is 2.31. The summed E-state index contributed by atoms with van der Waals surface area (Å²) in [6, 6.07) is 22.1. The molecule has 4 aromatic rings. The Morgan fingerprint density at radius 1 is 0.943 bits per heavy atom. The first-order valence-corrected chi connectivity index (χ1v) is 13.9. The molecule has 0 radical (unpaired) electrons. The molecule has 0 N–H and O–H groups in total. The van der Waals surface area contributed by atoms with Crippen molar-refractivity contribution in [3.05, 3.63) is 77.1 Å². The molecule has 0 bridgehead atoms. The van der Waals surface area contributed by atoms with Crippen molar-refractivity contribution in [3.63, 3.8) is 0 Å². The van der Waals surface area contributed by atoms with Gasteiger partial charge < -0.3 is 9.80 Å². The average Bonchev–Trinajstić information content (AvgIpc) is 3.58. The second-order valence-electron chi connectivity index (χ2n) is 8.23. The summed E-state index contributed by atoms with van der Waals surface area (Å²) in [5.74, 6) is 1.87. The van der Waals surface area contributed by atoms with Crippen LogP contribution in [0.4, 0.5) is 5.69 Å². The maximum Gasteiger partial charge on any atom is 0.222 e. The Morgan fingerprint density at radius 2 is 1.71 bits per heavy atom. The Bertz CT molecular complexity index is 1250. The van der Waals surface area contributed by atoms with Crippen LogP contribution in [0.5, 0.6) is 0 Å².